The van der Waals surface area contributed by atoms with Crippen molar-refractivity contribution in [2.45, 2.75) is 38.8 Å². The highest BCUT2D eigenvalue weighted by atomic mass is 32.1. The SMILES string of the molecule is CC1CNC(C)(C)CN1CCc1cccs1. The first-order chi connectivity index (χ1) is 7.57. The van der Waals surface area contributed by atoms with E-state index in [9.17, 15) is 0 Å². The minimum absolute atomic E-state index is 0.266. The zero-order valence-electron chi connectivity index (χ0n) is 10.5. The van der Waals surface area contributed by atoms with Crippen LogP contribution in [0.5, 0.6) is 0 Å². The molecule has 0 saturated carbocycles. The van der Waals surface area contributed by atoms with E-state index in [0.29, 0.717) is 6.04 Å². The van der Waals surface area contributed by atoms with Crippen LogP contribution in [-0.4, -0.2) is 36.1 Å². The summed E-state index contributed by atoms with van der Waals surface area (Å²) in [5, 5.41) is 5.76. The summed E-state index contributed by atoms with van der Waals surface area (Å²) in [6, 6.07) is 5.04. The number of piperazine rings is 1. The first-order valence-corrected chi connectivity index (χ1v) is 6.96. The van der Waals surface area contributed by atoms with Crippen LogP contribution in [0.1, 0.15) is 25.6 Å². The molecule has 1 aromatic rings. The van der Waals surface area contributed by atoms with Gasteiger partial charge in [-0.1, -0.05) is 6.07 Å². The van der Waals surface area contributed by atoms with Crippen molar-refractivity contribution in [1.29, 1.82) is 0 Å². The summed E-state index contributed by atoms with van der Waals surface area (Å²) in [5.74, 6) is 0. The topological polar surface area (TPSA) is 15.3 Å². The zero-order chi connectivity index (χ0) is 11.6. The van der Waals surface area contributed by atoms with E-state index >= 15 is 0 Å². The predicted octanol–water partition coefficient (Wildman–Crippen LogP) is 2.36. The van der Waals surface area contributed by atoms with Crippen molar-refractivity contribution in [3.63, 3.8) is 0 Å². The maximum absolute atomic E-state index is 3.59. The van der Waals surface area contributed by atoms with E-state index in [1.165, 1.54) is 17.8 Å². The van der Waals surface area contributed by atoms with Gasteiger partial charge in [0.15, 0.2) is 0 Å². The lowest BCUT2D eigenvalue weighted by Crippen LogP contribution is -2.60. The molecule has 1 saturated heterocycles. The van der Waals surface area contributed by atoms with Crippen LogP contribution in [0.15, 0.2) is 17.5 Å². The summed E-state index contributed by atoms with van der Waals surface area (Å²) in [6.45, 7) is 10.3. The highest BCUT2D eigenvalue weighted by molar-refractivity contribution is 7.09. The van der Waals surface area contributed by atoms with E-state index < -0.39 is 0 Å². The van der Waals surface area contributed by atoms with Gasteiger partial charge >= 0.3 is 0 Å². The molecule has 1 N–H and O–H groups in total. The lowest BCUT2D eigenvalue weighted by Gasteiger charge is -2.43. The van der Waals surface area contributed by atoms with Gasteiger partial charge in [0, 0.05) is 36.1 Å². The number of nitrogens with zero attached hydrogens (tertiary/aromatic N) is 1. The lowest BCUT2D eigenvalue weighted by molar-refractivity contribution is 0.106. The Morgan fingerprint density at radius 3 is 3.06 bits per heavy atom. The molecule has 0 amide bonds. The number of hydrogen-bond acceptors (Lipinski definition) is 3. The summed E-state index contributed by atoms with van der Waals surface area (Å²) < 4.78 is 0. The average Bonchev–Trinajstić information content (AvgIpc) is 2.72. The van der Waals surface area contributed by atoms with Crippen molar-refractivity contribution in [3.05, 3.63) is 22.4 Å². The van der Waals surface area contributed by atoms with Gasteiger partial charge in [0.1, 0.15) is 0 Å². The summed E-state index contributed by atoms with van der Waals surface area (Å²) in [7, 11) is 0. The zero-order valence-corrected chi connectivity index (χ0v) is 11.3. The maximum atomic E-state index is 3.59. The molecule has 2 rings (SSSR count). The summed E-state index contributed by atoms with van der Waals surface area (Å²) in [5.41, 5.74) is 0.266. The van der Waals surface area contributed by atoms with E-state index in [2.05, 4.69) is 48.5 Å². The smallest absolute Gasteiger partial charge is 0.0252 e. The Morgan fingerprint density at radius 1 is 1.56 bits per heavy atom. The molecule has 16 heavy (non-hydrogen) atoms. The van der Waals surface area contributed by atoms with Gasteiger partial charge in [-0.25, -0.2) is 0 Å². The Hall–Kier alpha value is -0.380. The number of rotatable bonds is 3. The Kier molecular flexibility index (Phi) is 3.67. The molecular weight excluding hydrogens is 216 g/mol. The molecule has 1 fully saturated rings. The molecule has 0 radical (unpaired) electrons. The molecule has 2 heterocycles. The predicted molar refractivity (Wildman–Crippen MR) is 71.1 cm³/mol. The minimum Gasteiger partial charge on any atom is -0.309 e. The summed E-state index contributed by atoms with van der Waals surface area (Å²) in [6.07, 6.45) is 1.19. The second kappa shape index (κ2) is 4.86. The maximum Gasteiger partial charge on any atom is 0.0252 e. The van der Waals surface area contributed by atoms with Crippen molar-refractivity contribution >= 4 is 11.3 Å². The van der Waals surface area contributed by atoms with Crippen LogP contribution in [-0.2, 0) is 6.42 Å². The number of hydrogen-bond donors (Lipinski definition) is 1. The molecule has 2 nitrogen and oxygen atoms in total. The van der Waals surface area contributed by atoms with Gasteiger partial charge in [-0.3, -0.25) is 4.90 Å². The van der Waals surface area contributed by atoms with Crippen molar-refractivity contribution in [1.82, 2.24) is 10.2 Å². The Labute approximate surface area is 103 Å². The van der Waals surface area contributed by atoms with Gasteiger partial charge in [-0.15, -0.1) is 11.3 Å². The van der Waals surface area contributed by atoms with E-state index in [0.717, 1.165) is 13.1 Å². The Balaban J connectivity index is 1.88. The van der Waals surface area contributed by atoms with Crippen LogP contribution >= 0.6 is 11.3 Å². The molecular formula is C13H22N2S. The van der Waals surface area contributed by atoms with Gasteiger partial charge in [0.25, 0.3) is 0 Å². The van der Waals surface area contributed by atoms with Crippen LogP contribution < -0.4 is 5.32 Å². The number of thiophene rings is 1. The first-order valence-electron chi connectivity index (χ1n) is 6.08. The summed E-state index contributed by atoms with van der Waals surface area (Å²) in [4.78, 5) is 4.11. The Bertz CT molecular complexity index is 319. The quantitative estimate of drug-likeness (QED) is 0.869. The molecule has 0 bridgehead atoms. The van der Waals surface area contributed by atoms with Gasteiger partial charge in [-0.2, -0.15) is 0 Å². The molecule has 0 aromatic carbocycles. The minimum atomic E-state index is 0.266. The second-order valence-electron chi connectivity index (χ2n) is 5.41. The fraction of sp³-hybridized carbons (Fsp3) is 0.692. The van der Waals surface area contributed by atoms with E-state index in [1.54, 1.807) is 0 Å². The van der Waals surface area contributed by atoms with Crippen molar-refractivity contribution in [2.24, 2.45) is 0 Å². The normalized spacial score (nSPS) is 25.8. The molecule has 1 atom stereocenters. The molecule has 1 aliphatic rings. The third kappa shape index (κ3) is 3.06. The molecule has 1 unspecified atom stereocenters. The largest absolute Gasteiger partial charge is 0.309 e. The van der Waals surface area contributed by atoms with Crippen LogP contribution in [0, 0.1) is 0 Å². The molecule has 90 valence electrons. The fourth-order valence-electron chi connectivity index (χ4n) is 2.28. The average molecular weight is 238 g/mol. The number of nitrogens with one attached hydrogen (secondary N) is 1. The second-order valence-corrected chi connectivity index (χ2v) is 6.45. The van der Waals surface area contributed by atoms with Gasteiger partial charge in [-0.05, 0) is 38.6 Å². The fourth-order valence-corrected chi connectivity index (χ4v) is 2.98. The van der Waals surface area contributed by atoms with Crippen molar-refractivity contribution in [2.75, 3.05) is 19.6 Å². The highest BCUT2D eigenvalue weighted by Crippen LogP contribution is 2.16. The van der Waals surface area contributed by atoms with E-state index in [4.69, 9.17) is 0 Å². The van der Waals surface area contributed by atoms with Crippen LogP contribution in [0.3, 0.4) is 0 Å². The van der Waals surface area contributed by atoms with E-state index in [-0.39, 0.29) is 5.54 Å². The van der Waals surface area contributed by atoms with Crippen LogP contribution in [0.2, 0.25) is 0 Å². The third-order valence-electron chi connectivity index (χ3n) is 3.32. The van der Waals surface area contributed by atoms with Crippen molar-refractivity contribution in [3.8, 4) is 0 Å². The van der Waals surface area contributed by atoms with Gasteiger partial charge < -0.3 is 5.32 Å². The van der Waals surface area contributed by atoms with Gasteiger partial charge in [0.2, 0.25) is 0 Å². The lowest BCUT2D eigenvalue weighted by atomic mass is 9.99. The monoisotopic (exact) mass is 238 g/mol. The first kappa shape index (κ1) is 12.1. The van der Waals surface area contributed by atoms with Gasteiger partial charge in [0.05, 0.1) is 0 Å². The standard InChI is InChI=1S/C13H22N2S/c1-11-9-14-13(2,3)10-15(11)7-6-12-5-4-8-16-12/h4-5,8,11,14H,6-7,9-10H2,1-3H3. The summed E-state index contributed by atoms with van der Waals surface area (Å²) >= 11 is 1.87. The molecule has 0 aliphatic carbocycles. The van der Waals surface area contributed by atoms with Crippen molar-refractivity contribution < 1.29 is 0 Å². The van der Waals surface area contributed by atoms with Crippen LogP contribution in [0.25, 0.3) is 0 Å². The molecule has 1 aliphatic heterocycles. The highest BCUT2D eigenvalue weighted by Gasteiger charge is 2.29. The molecule has 0 spiro atoms. The van der Waals surface area contributed by atoms with E-state index in [1.807, 2.05) is 11.3 Å². The molecule has 1 aromatic heterocycles. The van der Waals surface area contributed by atoms with Crippen LogP contribution in [0.4, 0.5) is 0 Å². The third-order valence-corrected chi connectivity index (χ3v) is 4.26. The Morgan fingerprint density at radius 2 is 2.38 bits per heavy atom. The molecule has 3 heteroatoms.